The van der Waals surface area contributed by atoms with E-state index in [-0.39, 0.29) is 0 Å². The molecule has 2 aliphatic rings. The van der Waals surface area contributed by atoms with Crippen LogP contribution >= 0.6 is 11.8 Å². The van der Waals surface area contributed by atoms with Crippen LogP contribution in [0.15, 0.2) is 0 Å². The second-order valence-corrected chi connectivity index (χ2v) is 4.58. The maximum Gasteiger partial charge on any atom is 0.0666 e. The predicted octanol–water partition coefficient (Wildman–Crippen LogP) is 0.870. The van der Waals surface area contributed by atoms with E-state index in [0.717, 1.165) is 11.9 Å². The number of thioether (sulfide) groups is 1. The first-order valence-electron chi connectivity index (χ1n) is 4.39. The fraction of sp³-hybridized carbons (Fsp3) is 1.00. The van der Waals surface area contributed by atoms with Gasteiger partial charge in [-0.25, -0.2) is 0 Å². The van der Waals surface area contributed by atoms with Crippen LogP contribution in [0.4, 0.5) is 0 Å². The number of nitrogens with one attached hydrogen (secondary N) is 1. The lowest BCUT2D eigenvalue weighted by Gasteiger charge is -2.27. The quantitative estimate of drug-likeness (QED) is 0.684. The molecule has 0 saturated carbocycles. The molecular weight excluding hydrogens is 158 g/mol. The van der Waals surface area contributed by atoms with Crippen molar-refractivity contribution in [1.82, 2.24) is 5.32 Å². The summed E-state index contributed by atoms with van der Waals surface area (Å²) in [5, 5.41) is 4.15. The van der Waals surface area contributed by atoms with Crippen LogP contribution in [0.25, 0.3) is 0 Å². The molecule has 0 amide bonds. The molecule has 2 fully saturated rings. The van der Waals surface area contributed by atoms with Crippen molar-refractivity contribution in [3.05, 3.63) is 0 Å². The van der Waals surface area contributed by atoms with Gasteiger partial charge in [-0.05, 0) is 12.8 Å². The zero-order chi connectivity index (χ0) is 7.52. The van der Waals surface area contributed by atoms with Crippen molar-refractivity contribution >= 4 is 11.8 Å². The lowest BCUT2D eigenvalue weighted by atomic mass is 10.3. The van der Waals surface area contributed by atoms with Crippen LogP contribution in [0.3, 0.4) is 0 Å². The van der Waals surface area contributed by atoms with Gasteiger partial charge in [-0.1, -0.05) is 0 Å². The Kier molecular flexibility index (Phi) is 2.72. The standard InChI is InChI=1S/C8H15NOS/c1-2-7(10-3-1)6-11-8-4-9-5-8/h7-9H,1-6H2. The largest absolute Gasteiger partial charge is 0.377 e. The van der Waals surface area contributed by atoms with Crippen LogP contribution in [-0.2, 0) is 4.74 Å². The lowest BCUT2D eigenvalue weighted by molar-refractivity contribution is 0.128. The monoisotopic (exact) mass is 173 g/mol. The van der Waals surface area contributed by atoms with Crippen molar-refractivity contribution in [2.75, 3.05) is 25.4 Å². The second kappa shape index (κ2) is 3.78. The number of ether oxygens (including phenoxy) is 1. The Morgan fingerprint density at radius 2 is 2.36 bits per heavy atom. The molecule has 1 atom stereocenters. The van der Waals surface area contributed by atoms with E-state index < -0.39 is 0 Å². The Morgan fingerprint density at radius 1 is 1.45 bits per heavy atom. The van der Waals surface area contributed by atoms with Gasteiger partial charge in [0.05, 0.1) is 6.10 Å². The molecule has 0 aliphatic carbocycles. The Balaban J connectivity index is 1.57. The fourth-order valence-electron chi connectivity index (χ4n) is 1.40. The summed E-state index contributed by atoms with van der Waals surface area (Å²) in [5.74, 6) is 1.21. The van der Waals surface area contributed by atoms with E-state index in [4.69, 9.17) is 4.74 Å². The van der Waals surface area contributed by atoms with E-state index in [2.05, 4.69) is 17.1 Å². The van der Waals surface area contributed by atoms with E-state index in [0.29, 0.717) is 6.10 Å². The Bertz CT molecular complexity index is 121. The minimum Gasteiger partial charge on any atom is -0.377 e. The van der Waals surface area contributed by atoms with E-state index in [1.54, 1.807) is 0 Å². The number of hydrogen-bond donors (Lipinski definition) is 1. The smallest absolute Gasteiger partial charge is 0.0666 e. The van der Waals surface area contributed by atoms with Gasteiger partial charge in [0.2, 0.25) is 0 Å². The summed E-state index contributed by atoms with van der Waals surface area (Å²) in [6.07, 6.45) is 3.13. The first-order valence-corrected chi connectivity index (χ1v) is 5.44. The third-order valence-corrected chi connectivity index (χ3v) is 3.65. The Hall–Kier alpha value is 0.270. The molecule has 2 aliphatic heterocycles. The van der Waals surface area contributed by atoms with Gasteiger partial charge < -0.3 is 10.1 Å². The van der Waals surface area contributed by atoms with Crippen molar-refractivity contribution in [2.24, 2.45) is 0 Å². The molecule has 64 valence electrons. The summed E-state index contributed by atoms with van der Waals surface area (Å²) in [7, 11) is 0. The molecule has 2 heterocycles. The van der Waals surface area contributed by atoms with Gasteiger partial charge in [0.1, 0.15) is 0 Å². The van der Waals surface area contributed by atoms with E-state index in [1.807, 2.05) is 0 Å². The third kappa shape index (κ3) is 2.10. The van der Waals surface area contributed by atoms with Crippen molar-refractivity contribution < 1.29 is 4.74 Å². The Labute approximate surface area is 72.1 Å². The van der Waals surface area contributed by atoms with Crippen molar-refractivity contribution in [3.8, 4) is 0 Å². The molecule has 11 heavy (non-hydrogen) atoms. The van der Waals surface area contributed by atoms with E-state index >= 15 is 0 Å². The van der Waals surface area contributed by atoms with Crippen molar-refractivity contribution in [3.63, 3.8) is 0 Å². The molecule has 0 radical (unpaired) electrons. The van der Waals surface area contributed by atoms with E-state index in [1.165, 1.54) is 31.7 Å². The highest BCUT2D eigenvalue weighted by atomic mass is 32.2. The summed E-state index contributed by atoms with van der Waals surface area (Å²) in [5.41, 5.74) is 0. The highest BCUT2D eigenvalue weighted by Crippen LogP contribution is 2.21. The maximum absolute atomic E-state index is 5.53. The van der Waals surface area contributed by atoms with Gasteiger partial charge >= 0.3 is 0 Å². The Morgan fingerprint density at radius 3 is 2.91 bits per heavy atom. The average Bonchev–Trinajstić information content (AvgIpc) is 2.36. The number of hydrogen-bond acceptors (Lipinski definition) is 3. The summed E-state index contributed by atoms with van der Waals surface area (Å²) in [6, 6.07) is 0. The topological polar surface area (TPSA) is 21.3 Å². The van der Waals surface area contributed by atoms with Crippen LogP contribution in [0.2, 0.25) is 0 Å². The first kappa shape index (κ1) is 7.90. The molecule has 2 saturated heterocycles. The summed E-state index contributed by atoms with van der Waals surface area (Å²) < 4.78 is 5.53. The second-order valence-electron chi connectivity index (χ2n) is 3.25. The minimum atomic E-state index is 0.570. The molecule has 0 bridgehead atoms. The van der Waals surface area contributed by atoms with Crippen LogP contribution in [0.1, 0.15) is 12.8 Å². The molecule has 3 heteroatoms. The van der Waals surface area contributed by atoms with Gasteiger partial charge in [-0.2, -0.15) is 11.8 Å². The van der Waals surface area contributed by atoms with Crippen LogP contribution in [0, 0.1) is 0 Å². The van der Waals surface area contributed by atoms with Crippen molar-refractivity contribution in [2.45, 2.75) is 24.2 Å². The van der Waals surface area contributed by atoms with Gasteiger partial charge in [0.25, 0.3) is 0 Å². The van der Waals surface area contributed by atoms with E-state index in [9.17, 15) is 0 Å². The molecule has 1 N–H and O–H groups in total. The SMILES string of the molecule is C1COC(CSC2CNC2)C1. The highest BCUT2D eigenvalue weighted by Gasteiger charge is 2.21. The van der Waals surface area contributed by atoms with Gasteiger partial charge in [0.15, 0.2) is 0 Å². The summed E-state index contributed by atoms with van der Waals surface area (Å²) in [6.45, 7) is 3.41. The van der Waals surface area contributed by atoms with Crippen LogP contribution in [0.5, 0.6) is 0 Å². The molecule has 2 nitrogen and oxygen atoms in total. The lowest BCUT2D eigenvalue weighted by Crippen LogP contribution is -2.45. The summed E-state index contributed by atoms with van der Waals surface area (Å²) >= 11 is 2.07. The van der Waals surface area contributed by atoms with Crippen molar-refractivity contribution in [1.29, 1.82) is 0 Å². The third-order valence-electron chi connectivity index (χ3n) is 2.29. The van der Waals surface area contributed by atoms with Crippen LogP contribution in [-0.4, -0.2) is 36.8 Å². The van der Waals surface area contributed by atoms with Gasteiger partial charge in [0, 0.05) is 30.7 Å². The highest BCUT2D eigenvalue weighted by molar-refractivity contribution is 8.00. The zero-order valence-corrected chi connectivity index (χ0v) is 7.53. The molecule has 0 aromatic heterocycles. The molecule has 1 unspecified atom stereocenters. The molecule has 0 spiro atoms. The maximum atomic E-state index is 5.53. The normalized spacial score (nSPS) is 32.2. The fourth-order valence-corrected chi connectivity index (χ4v) is 2.62. The molecule has 2 rings (SSSR count). The average molecular weight is 173 g/mol. The zero-order valence-electron chi connectivity index (χ0n) is 6.71. The first-order chi connectivity index (χ1) is 5.45. The van der Waals surface area contributed by atoms with Gasteiger partial charge in [-0.15, -0.1) is 0 Å². The number of rotatable bonds is 3. The predicted molar refractivity (Wildman–Crippen MR) is 48.1 cm³/mol. The summed E-state index contributed by atoms with van der Waals surface area (Å²) in [4.78, 5) is 0. The van der Waals surface area contributed by atoms with Gasteiger partial charge in [-0.3, -0.25) is 0 Å². The molecule has 0 aromatic carbocycles. The molecular formula is C8H15NOS. The van der Waals surface area contributed by atoms with Crippen LogP contribution < -0.4 is 5.32 Å². The minimum absolute atomic E-state index is 0.570. The molecule has 0 aromatic rings.